The highest BCUT2D eigenvalue weighted by atomic mass is 35.5. The number of benzene rings is 2. The molecule has 4 rings (SSSR count). The maximum atomic E-state index is 12.2. The molecule has 0 aliphatic carbocycles. The number of amides is 2. The fraction of sp³-hybridized carbons (Fsp3) is 0.423. The number of hydrogen-bond acceptors (Lipinski definition) is 6. The second-order valence-corrected chi connectivity index (χ2v) is 9.50. The Kier molecular flexibility index (Phi) is 8.58. The Morgan fingerprint density at radius 2 is 1.67 bits per heavy atom. The highest BCUT2D eigenvalue weighted by Crippen LogP contribution is 2.30. The Labute approximate surface area is 215 Å². The molecule has 0 spiro atoms. The van der Waals surface area contributed by atoms with E-state index in [4.69, 9.17) is 22.1 Å². The first-order valence-electron chi connectivity index (χ1n) is 12.1. The molecule has 1 unspecified atom stereocenters. The highest BCUT2D eigenvalue weighted by Gasteiger charge is 2.43. The van der Waals surface area contributed by atoms with Crippen molar-refractivity contribution in [3.63, 3.8) is 0 Å². The van der Waals surface area contributed by atoms with E-state index in [0.717, 1.165) is 31.1 Å². The van der Waals surface area contributed by atoms with Crippen molar-refractivity contribution in [1.29, 1.82) is 0 Å². The standard InChI is InChI=1S/C26H31ClN4O5/c27-20-8-6-19(7-9-20)23(18-4-2-1-3-5-18)30-14-12-29(13-15-30)16-17-36-25(24(28)33)31-21(26(34)35)10-11-22(31)32/h1-9,21,23,25H,10-17H2,(H2,28,33)(H,34,35)/t21-,23?,25-/m1/s1. The van der Waals surface area contributed by atoms with Crippen LogP contribution in [-0.4, -0.2) is 89.2 Å². The van der Waals surface area contributed by atoms with Crippen molar-refractivity contribution < 1.29 is 24.2 Å². The lowest BCUT2D eigenvalue weighted by molar-refractivity contribution is -0.165. The summed E-state index contributed by atoms with van der Waals surface area (Å²) in [7, 11) is 0. The molecule has 192 valence electrons. The van der Waals surface area contributed by atoms with Crippen LogP contribution in [0.15, 0.2) is 54.6 Å². The molecule has 9 nitrogen and oxygen atoms in total. The molecule has 0 saturated carbocycles. The third kappa shape index (κ3) is 6.04. The van der Waals surface area contributed by atoms with Gasteiger partial charge in [0.15, 0.2) is 0 Å². The molecule has 2 heterocycles. The molecular weight excluding hydrogens is 484 g/mol. The van der Waals surface area contributed by atoms with Crippen molar-refractivity contribution in [3.05, 3.63) is 70.7 Å². The zero-order valence-electron chi connectivity index (χ0n) is 20.0. The summed E-state index contributed by atoms with van der Waals surface area (Å²) in [6, 6.07) is 17.3. The summed E-state index contributed by atoms with van der Waals surface area (Å²) >= 11 is 6.12. The normalized spacial score (nSPS) is 20.9. The second kappa shape index (κ2) is 11.8. The van der Waals surface area contributed by atoms with Crippen LogP contribution in [0.5, 0.6) is 0 Å². The van der Waals surface area contributed by atoms with Crippen LogP contribution in [0, 0.1) is 0 Å². The van der Waals surface area contributed by atoms with Gasteiger partial charge >= 0.3 is 5.97 Å². The van der Waals surface area contributed by atoms with Crippen LogP contribution < -0.4 is 5.73 Å². The summed E-state index contributed by atoms with van der Waals surface area (Å²) in [5, 5.41) is 10.1. The van der Waals surface area contributed by atoms with Gasteiger partial charge in [0.2, 0.25) is 12.1 Å². The molecule has 2 aliphatic heterocycles. The van der Waals surface area contributed by atoms with Gasteiger partial charge in [0, 0.05) is 44.2 Å². The van der Waals surface area contributed by atoms with Crippen molar-refractivity contribution in [2.45, 2.75) is 31.2 Å². The van der Waals surface area contributed by atoms with Crippen LogP contribution in [0.1, 0.15) is 30.0 Å². The zero-order chi connectivity index (χ0) is 25.7. The molecule has 0 aromatic heterocycles. The predicted molar refractivity (Wildman–Crippen MR) is 134 cm³/mol. The first-order chi connectivity index (χ1) is 17.3. The number of ether oxygens (including phenoxy) is 1. The second-order valence-electron chi connectivity index (χ2n) is 9.06. The minimum Gasteiger partial charge on any atom is -0.480 e. The SMILES string of the molecule is NC(=O)[C@@H](OCCN1CCN(C(c2ccccc2)c2ccc(Cl)cc2)CC1)N1C(=O)CC[C@@H]1C(=O)O. The summed E-state index contributed by atoms with van der Waals surface area (Å²) in [6.45, 7) is 3.93. The first-order valence-corrected chi connectivity index (χ1v) is 12.4. The Morgan fingerprint density at radius 1 is 1.03 bits per heavy atom. The lowest BCUT2D eigenvalue weighted by atomic mass is 9.96. The molecule has 2 aromatic rings. The lowest BCUT2D eigenvalue weighted by Crippen LogP contribution is -2.54. The van der Waals surface area contributed by atoms with Crippen molar-refractivity contribution in [2.24, 2.45) is 5.73 Å². The van der Waals surface area contributed by atoms with Crippen molar-refractivity contribution >= 4 is 29.4 Å². The smallest absolute Gasteiger partial charge is 0.326 e. The van der Waals surface area contributed by atoms with E-state index in [-0.39, 0.29) is 25.5 Å². The number of carbonyl (C=O) groups is 3. The van der Waals surface area contributed by atoms with Gasteiger partial charge in [0.1, 0.15) is 6.04 Å². The fourth-order valence-electron chi connectivity index (χ4n) is 4.97. The van der Waals surface area contributed by atoms with Gasteiger partial charge in [-0.3, -0.25) is 24.3 Å². The van der Waals surface area contributed by atoms with Crippen molar-refractivity contribution in [2.75, 3.05) is 39.3 Å². The van der Waals surface area contributed by atoms with Crippen LogP contribution in [0.25, 0.3) is 0 Å². The van der Waals surface area contributed by atoms with Gasteiger partial charge in [0.25, 0.3) is 5.91 Å². The van der Waals surface area contributed by atoms with Crippen molar-refractivity contribution in [1.82, 2.24) is 14.7 Å². The molecule has 3 atom stereocenters. The molecule has 2 aliphatic rings. The molecule has 2 fully saturated rings. The van der Waals surface area contributed by atoms with Gasteiger partial charge in [-0.1, -0.05) is 54.1 Å². The van der Waals surface area contributed by atoms with Gasteiger partial charge < -0.3 is 15.6 Å². The van der Waals surface area contributed by atoms with Crippen LogP contribution in [0.2, 0.25) is 5.02 Å². The fourth-order valence-corrected chi connectivity index (χ4v) is 5.10. The molecule has 2 saturated heterocycles. The number of primary amides is 1. The monoisotopic (exact) mass is 514 g/mol. The summed E-state index contributed by atoms with van der Waals surface area (Å²) in [6.07, 6.45) is -1.18. The van der Waals surface area contributed by atoms with E-state index in [1.165, 1.54) is 11.1 Å². The zero-order valence-corrected chi connectivity index (χ0v) is 20.7. The molecule has 36 heavy (non-hydrogen) atoms. The molecule has 0 radical (unpaired) electrons. The topological polar surface area (TPSA) is 116 Å². The van der Waals surface area contributed by atoms with E-state index < -0.39 is 30.1 Å². The third-order valence-corrected chi connectivity index (χ3v) is 7.04. The van der Waals surface area contributed by atoms with Crippen LogP contribution in [0.3, 0.4) is 0 Å². The van der Waals surface area contributed by atoms with Crippen LogP contribution in [-0.2, 0) is 19.1 Å². The number of aliphatic carboxylic acids is 1. The number of likely N-dealkylation sites (tertiary alicyclic amines) is 1. The Balaban J connectivity index is 1.35. The van der Waals surface area contributed by atoms with E-state index >= 15 is 0 Å². The minimum atomic E-state index is -1.38. The largest absolute Gasteiger partial charge is 0.480 e. The van der Waals surface area contributed by atoms with E-state index in [1.54, 1.807) is 0 Å². The summed E-state index contributed by atoms with van der Waals surface area (Å²) in [5.74, 6) is -2.47. The molecule has 2 amide bonds. The molecule has 10 heteroatoms. The van der Waals surface area contributed by atoms with E-state index in [0.29, 0.717) is 11.6 Å². The third-order valence-electron chi connectivity index (χ3n) is 6.79. The van der Waals surface area contributed by atoms with Gasteiger partial charge in [0.05, 0.1) is 12.6 Å². The molecule has 0 bridgehead atoms. The quantitative estimate of drug-likeness (QED) is 0.497. The van der Waals surface area contributed by atoms with E-state index in [1.807, 2.05) is 30.3 Å². The summed E-state index contributed by atoms with van der Waals surface area (Å²) < 4.78 is 5.66. The van der Waals surface area contributed by atoms with Crippen LogP contribution >= 0.6 is 11.6 Å². The number of carboxylic acids is 1. The van der Waals surface area contributed by atoms with E-state index in [2.05, 4.69) is 34.1 Å². The number of carboxylic acid groups (broad SMARTS) is 1. The van der Waals surface area contributed by atoms with E-state index in [9.17, 15) is 19.5 Å². The lowest BCUT2D eigenvalue weighted by Gasteiger charge is -2.40. The number of carbonyl (C=O) groups excluding carboxylic acids is 2. The average molecular weight is 515 g/mol. The Bertz CT molecular complexity index is 1060. The Morgan fingerprint density at radius 3 is 2.28 bits per heavy atom. The molecule has 2 aromatic carbocycles. The number of hydrogen-bond donors (Lipinski definition) is 2. The van der Waals surface area contributed by atoms with Gasteiger partial charge in [-0.15, -0.1) is 0 Å². The number of nitrogens with zero attached hydrogens (tertiary/aromatic N) is 3. The number of halogens is 1. The highest BCUT2D eigenvalue weighted by molar-refractivity contribution is 6.30. The van der Waals surface area contributed by atoms with Gasteiger partial charge in [-0.05, 0) is 29.7 Å². The van der Waals surface area contributed by atoms with Crippen molar-refractivity contribution in [3.8, 4) is 0 Å². The van der Waals surface area contributed by atoms with Crippen LogP contribution in [0.4, 0.5) is 0 Å². The number of rotatable bonds is 10. The number of piperazine rings is 1. The number of nitrogens with two attached hydrogens (primary N) is 1. The maximum absolute atomic E-state index is 12.2. The average Bonchev–Trinajstić information content (AvgIpc) is 3.26. The summed E-state index contributed by atoms with van der Waals surface area (Å²) in [5.41, 5.74) is 7.84. The molecular formula is C26H31ClN4O5. The molecule has 3 N–H and O–H groups in total. The summed E-state index contributed by atoms with van der Waals surface area (Å²) in [4.78, 5) is 41.3. The van der Waals surface area contributed by atoms with Gasteiger partial charge in [-0.25, -0.2) is 4.79 Å². The minimum absolute atomic E-state index is 0.0578. The maximum Gasteiger partial charge on any atom is 0.326 e. The predicted octanol–water partition coefficient (Wildman–Crippen LogP) is 1.95. The van der Waals surface area contributed by atoms with Gasteiger partial charge in [-0.2, -0.15) is 0 Å². The Hall–Kier alpha value is -2.98. The first kappa shape index (κ1) is 26.1.